The van der Waals surface area contributed by atoms with Gasteiger partial charge in [-0.1, -0.05) is 0 Å². The minimum Gasteiger partial charge on any atom is -0.469 e. The highest BCUT2D eigenvalue weighted by atomic mass is 32.2. The Morgan fingerprint density at radius 3 is 2.05 bits per heavy atom. The van der Waals surface area contributed by atoms with Gasteiger partial charge in [0.05, 0.1) is 20.6 Å². The fourth-order valence-corrected chi connectivity index (χ4v) is 2.06. The second-order valence-corrected chi connectivity index (χ2v) is 6.53. The third kappa shape index (κ3) is 8.42. The summed E-state index contributed by atoms with van der Waals surface area (Å²) in [6, 6.07) is -1.54. The smallest absolute Gasteiger partial charge is 0.422 e. The molecule has 11 heteroatoms. The van der Waals surface area contributed by atoms with Crippen molar-refractivity contribution in [2.45, 2.75) is 38.8 Å². The minimum absolute atomic E-state index is 0.599. The van der Waals surface area contributed by atoms with Crippen molar-refractivity contribution in [1.82, 2.24) is 9.44 Å². The summed E-state index contributed by atoms with van der Waals surface area (Å²) in [5.74, 6) is -1.85. The molecule has 128 valence electrons. The number of ether oxygens (including phenoxy) is 3. The number of methoxy groups -OCH3 is 2. The van der Waals surface area contributed by atoms with Crippen molar-refractivity contribution in [2.24, 2.45) is 0 Å². The predicted octanol–water partition coefficient (Wildman–Crippen LogP) is -0.550. The van der Waals surface area contributed by atoms with Crippen LogP contribution in [-0.2, 0) is 34.0 Å². The first-order chi connectivity index (χ1) is 9.90. The van der Waals surface area contributed by atoms with E-state index in [1.807, 2.05) is 4.72 Å². The SMILES string of the molecule is COC(=O)C[C@H](NS(=O)(=O)NC(=O)OC(C)(C)C)C(=O)OC. The maximum Gasteiger partial charge on any atom is 0.422 e. The van der Waals surface area contributed by atoms with Gasteiger partial charge in [-0.25, -0.2) is 9.52 Å². The molecule has 1 amide bonds. The van der Waals surface area contributed by atoms with E-state index in [0.717, 1.165) is 14.2 Å². The Morgan fingerprint density at radius 1 is 1.09 bits per heavy atom. The van der Waals surface area contributed by atoms with E-state index < -0.39 is 46.3 Å². The molecule has 1 atom stereocenters. The second-order valence-electron chi connectivity index (χ2n) is 5.08. The maximum atomic E-state index is 11.7. The van der Waals surface area contributed by atoms with Crippen LogP contribution >= 0.6 is 0 Å². The minimum atomic E-state index is -4.44. The Kier molecular flexibility index (Phi) is 7.26. The number of hydrogen-bond donors (Lipinski definition) is 2. The summed E-state index contributed by atoms with van der Waals surface area (Å²) in [6.45, 7) is 4.63. The standard InChI is InChI=1S/C11H20N2O8S/c1-11(2,3)21-10(16)13-22(17,18)12-7(9(15)20-5)6-8(14)19-4/h7,12H,6H2,1-5H3,(H,13,16)/t7-/m0/s1. The zero-order valence-corrected chi connectivity index (χ0v) is 13.8. The molecular weight excluding hydrogens is 320 g/mol. The lowest BCUT2D eigenvalue weighted by Gasteiger charge is -2.20. The van der Waals surface area contributed by atoms with Crippen molar-refractivity contribution in [3.63, 3.8) is 0 Å². The molecule has 0 spiro atoms. The molecule has 0 aromatic carbocycles. The molecule has 0 radical (unpaired) electrons. The molecule has 0 saturated carbocycles. The fourth-order valence-electron chi connectivity index (χ4n) is 1.19. The maximum absolute atomic E-state index is 11.7. The highest BCUT2D eigenvalue weighted by Gasteiger charge is 2.30. The van der Waals surface area contributed by atoms with E-state index >= 15 is 0 Å². The van der Waals surface area contributed by atoms with Crippen LogP contribution < -0.4 is 9.44 Å². The van der Waals surface area contributed by atoms with E-state index in [9.17, 15) is 22.8 Å². The summed E-state index contributed by atoms with van der Waals surface area (Å²) in [5, 5.41) is 0. The van der Waals surface area contributed by atoms with Gasteiger partial charge in [0.15, 0.2) is 0 Å². The number of carbonyl (C=O) groups excluding carboxylic acids is 3. The topological polar surface area (TPSA) is 137 Å². The van der Waals surface area contributed by atoms with Gasteiger partial charge in [0.25, 0.3) is 0 Å². The highest BCUT2D eigenvalue weighted by Crippen LogP contribution is 2.07. The van der Waals surface area contributed by atoms with Crippen LogP contribution in [0.2, 0.25) is 0 Å². The van der Waals surface area contributed by atoms with Crippen LogP contribution in [0.4, 0.5) is 4.79 Å². The van der Waals surface area contributed by atoms with E-state index in [1.165, 1.54) is 0 Å². The van der Waals surface area contributed by atoms with Crippen LogP contribution in [0.25, 0.3) is 0 Å². The van der Waals surface area contributed by atoms with Crippen molar-refractivity contribution >= 4 is 28.2 Å². The van der Waals surface area contributed by atoms with Crippen LogP contribution in [0.5, 0.6) is 0 Å². The predicted molar refractivity (Wildman–Crippen MR) is 73.9 cm³/mol. The third-order valence-electron chi connectivity index (χ3n) is 2.00. The van der Waals surface area contributed by atoms with E-state index in [1.54, 1.807) is 25.5 Å². The van der Waals surface area contributed by atoms with Crippen LogP contribution in [0.15, 0.2) is 0 Å². The number of hydrogen-bond acceptors (Lipinski definition) is 8. The molecule has 0 fully saturated rings. The summed E-state index contributed by atoms with van der Waals surface area (Å²) in [7, 11) is -2.35. The van der Waals surface area contributed by atoms with Crippen molar-refractivity contribution in [2.75, 3.05) is 14.2 Å². The molecule has 0 rings (SSSR count). The Morgan fingerprint density at radius 2 is 1.64 bits per heavy atom. The normalized spacial score (nSPS) is 13.0. The molecule has 10 nitrogen and oxygen atoms in total. The van der Waals surface area contributed by atoms with Crippen molar-refractivity contribution in [3.05, 3.63) is 0 Å². The summed E-state index contributed by atoms with van der Waals surface area (Å²) < 4.78 is 40.3. The van der Waals surface area contributed by atoms with Gasteiger partial charge in [0, 0.05) is 0 Å². The first-order valence-electron chi connectivity index (χ1n) is 6.08. The van der Waals surface area contributed by atoms with Gasteiger partial charge in [-0.05, 0) is 20.8 Å². The zero-order chi connectivity index (χ0) is 17.6. The molecule has 0 unspecified atom stereocenters. The molecule has 0 bridgehead atoms. The van der Waals surface area contributed by atoms with Crippen LogP contribution in [0, 0.1) is 0 Å². The average Bonchev–Trinajstić information content (AvgIpc) is 2.33. The van der Waals surface area contributed by atoms with Gasteiger partial charge in [0.2, 0.25) is 0 Å². The van der Waals surface area contributed by atoms with E-state index in [0.29, 0.717) is 0 Å². The lowest BCUT2D eigenvalue weighted by molar-refractivity contribution is -0.149. The number of rotatable bonds is 6. The monoisotopic (exact) mass is 340 g/mol. The van der Waals surface area contributed by atoms with E-state index in [-0.39, 0.29) is 0 Å². The number of esters is 2. The summed E-state index contributed by atoms with van der Waals surface area (Å²) >= 11 is 0. The Labute approximate surface area is 128 Å². The van der Waals surface area contributed by atoms with Crippen molar-refractivity contribution in [3.8, 4) is 0 Å². The van der Waals surface area contributed by atoms with Crippen LogP contribution in [0.1, 0.15) is 27.2 Å². The summed E-state index contributed by atoms with van der Waals surface area (Å²) in [5.41, 5.74) is -0.909. The number of carbonyl (C=O) groups is 3. The molecule has 0 aliphatic heterocycles. The number of amides is 1. The quantitative estimate of drug-likeness (QED) is 0.485. The van der Waals surface area contributed by atoms with E-state index in [4.69, 9.17) is 4.74 Å². The van der Waals surface area contributed by atoms with Crippen molar-refractivity contribution < 1.29 is 37.0 Å². The molecular formula is C11H20N2O8S. The molecule has 0 aliphatic carbocycles. The molecule has 0 saturated heterocycles. The van der Waals surface area contributed by atoms with Crippen LogP contribution in [-0.4, -0.2) is 52.3 Å². The van der Waals surface area contributed by atoms with Gasteiger partial charge in [-0.3, -0.25) is 9.59 Å². The van der Waals surface area contributed by atoms with Crippen molar-refractivity contribution in [1.29, 1.82) is 0 Å². The molecule has 0 aromatic heterocycles. The van der Waals surface area contributed by atoms with E-state index in [2.05, 4.69) is 9.47 Å². The number of nitrogens with one attached hydrogen (secondary N) is 2. The van der Waals surface area contributed by atoms with Gasteiger partial charge < -0.3 is 14.2 Å². The fraction of sp³-hybridized carbons (Fsp3) is 0.727. The average molecular weight is 340 g/mol. The van der Waals surface area contributed by atoms with Gasteiger partial charge in [-0.15, -0.1) is 0 Å². The Bertz CT molecular complexity index is 523. The zero-order valence-electron chi connectivity index (χ0n) is 13.0. The largest absolute Gasteiger partial charge is 0.469 e. The molecule has 0 heterocycles. The lowest BCUT2D eigenvalue weighted by Crippen LogP contribution is -2.50. The van der Waals surface area contributed by atoms with Gasteiger partial charge in [0.1, 0.15) is 11.6 Å². The molecule has 0 aliphatic rings. The molecule has 0 aromatic rings. The van der Waals surface area contributed by atoms with Gasteiger partial charge >= 0.3 is 28.2 Å². The van der Waals surface area contributed by atoms with Crippen LogP contribution in [0.3, 0.4) is 0 Å². The first-order valence-corrected chi connectivity index (χ1v) is 7.56. The first kappa shape index (κ1) is 20.1. The summed E-state index contributed by atoms with van der Waals surface area (Å²) in [6.07, 6.45) is -1.83. The Balaban J connectivity index is 4.91. The highest BCUT2D eigenvalue weighted by molar-refractivity contribution is 7.88. The second kappa shape index (κ2) is 7.94. The third-order valence-corrected chi connectivity index (χ3v) is 3.03. The molecule has 2 N–H and O–H groups in total. The lowest BCUT2D eigenvalue weighted by atomic mass is 10.2. The Hall–Kier alpha value is -1.88. The molecule has 22 heavy (non-hydrogen) atoms. The summed E-state index contributed by atoms with van der Waals surface area (Å²) in [4.78, 5) is 34.0. The van der Waals surface area contributed by atoms with Gasteiger partial charge in [-0.2, -0.15) is 13.1 Å².